The molecule has 0 bridgehead atoms. The van der Waals surface area contributed by atoms with Gasteiger partial charge in [-0.3, -0.25) is 0 Å². The maximum atomic E-state index is 10.9. The van der Waals surface area contributed by atoms with Gasteiger partial charge in [-0.15, -0.1) is 0 Å². The van der Waals surface area contributed by atoms with Gasteiger partial charge in [0.15, 0.2) is 0 Å². The highest BCUT2D eigenvalue weighted by Crippen LogP contribution is 2.49. The summed E-state index contributed by atoms with van der Waals surface area (Å²) in [6.07, 6.45) is 5.73. The van der Waals surface area contributed by atoms with E-state index in [9.17, 15) is 5.11 Å². The molecule has 144 valence electrons. The van der Waals surface area contributed by atoms with Gasteiger partial charge in [0, 0.05) is 11.5 Å². The standard InChI is InChI=1S/C23H34O3/c1-7-8-9-10-17-13-19(25-5)22(20(14-17)26-6)21-18(15(2)3)12-11-16(4)23(21)24/h13-14,18,21,23-24H,2,4,7-12H2,1,3,5-6H3/t18-,21+,23?/m0/s1. The van der Waals surface area contributed by atoms with E-state index in [0.29, 0.717) is 0 Å². The molecule has 1 aromatic rings. The van der Waals surface area contributed by atoms with Gasteiger partial charge >= 0.3 is 0 Å². The van der Waals surface area contributed by atoms with Gasteiger partial charge in [0.25, 0.3) is 0 Å². The number of hydrogen-bond acceptors (Lipinski definition) is 3. The van der Waals surface area contributed by atoms with Crippen LogP contribution in [0.4, 0.5) is 0 Å². The number of methoxy groups -OCH3 is 2. The first-order chi connectivity index (χ1) is 12.4. The summed E-state index contributed by atoms with van der Waals surface area (Å²) in [4.78, 5) is 0. The summed E-state index contributed by atoms with van der Waals surface area (Å²) in [6, 6.07) is 4.21. The first-order valence-electron chi connectivity index (χ1n) is 9.70. The first kappa shape index (κ1) is 20.6. The number of hydrogen-bond donors (Lipinski definition) is 1. The number of rotatable bonds is 8. The molecule has 3 nitrogen and oxygen atoms in total. The van der Waals surface area contributed by atoms with Crippen molar-refractivity contribution in [2.45, 2.75) is 64.4 Å². The second-order valence-electron chi connectivity index (χ2n) is 7.49. The number of ether oxygens (including phenoxy) is 2. The molecule has 3 atom stereocenters. The molecule has 2 rings (SSSR count). The topological polar surface area (TPSA) is 38.7 Å². The van der Waals surface area contributed by atoms with Crippen LogP contribution in [0.5, 0.6) is 11.5 Å². The summed E-state index contributed by atoms with van der Waals surface area (Å²) >= 11 is 0. The van der Waals surface area contributed by atoms with Crippen LogP contribution >= 0.6 is 0 Å². The number of benzene rings is 1. The molecule has 0 saturated heterocycles. The second-order valence-corrected chi connectivity index (χ2v) is 7.49. The molecule has 0 radical (unpaired) electrons. The molecule has 1 aliphatic rings. The number of unbranched alkanes of at least 4 members (excludes halogenated alkanes) is 2. The molecule has 1 aromatic carbocycles. The van der Waals surface area contributed by atoms with Crippen molar-refractivity contribution < 1.29 is 14.6 Å². The van der Waals surface area contributed by atoms with Crippen LogP contribution in [0.15, 0.2) is 36.4 Å². The van der Waals surface area contributed by atoms with Crippen LogP contribution < -0.4 is 9.47 Å². The number of aryl methyl sites for hydroxylation is 1. The number of allylic oxidation sites excluding steroid dienone is 1. The quantitative estimate of drug-likeness (QED) is 0.498. The van der Waals surface area contributed by atoms with Crippen molar-refractivity contribution in [3.8, 4) is 11.5 Å². The predicted molar refractivity (Wildman–Crippen MR) is 108 cm³/mol. The van der Waals surface area contributed by atoms with E-state index in [2.05, 4.69) is 32.2 Å². The van der Waals surface area contributed by atoms with Gasteiger partial charge in [0.1, 0.15) is 11.5 Å². The van der Waals surface area contributed by atoms with Crippen molar-refractivity contribution in [3.05, 3.63) is 47.6 Å². The Labute approximate surface area is 158 Å². The van der Waals surface area contributed by atoms with Crippen LogP contribution in [0, 0.1) is 5.92 Å². The van der Waals surface area contributed by atoms with Gasteiger partial charge in [0.05, 0.1) is 20.3 Å². The Kier molecular flexibility index (Phi) is 7.33. The fourth-order valence-electron chi connectivity index (χ4n) is 4.10. The number of aliphatic hydroxyl groups is 1. The Morgan fingerprint density at radius 1 is 1.19 bits per heavy atom. The molecule has 1 aliphatic carbocycles. The van der Waals surface area contributed by atoms with Gasteiger partial charge in [0.2, 0.25) is 0 Å². The monoisotopic (exact) mass is 358 g/mol. The Hall–Kier alpha value is -1.74. The molecule has 1 saturated carbocycles. The minimum atomic E-state index is -0.612. The van der Waals surface area contributed by atoms with Crippen molar-refractivity contribution in [2.24, 2.45) is 5.92 Å². The lowest BCUT2D eigenvalue weighted by atomic mass is 9.69. The summed E-state index contributed by atoms with van der Waals surface area (Å²) in [5, 5.41) is 10.9. The summed E-state index contributed by atoms with van der Waals surface area (Å²) in [7, 11) is 3.38. The molecule has 26 heavy (non-hydrogen) atoms. The Balaban J connectivity index is 2.50. The van der Waals surface area contributed by atoms with Crippen molar-refractivity contribution in [2.75, 3.05) is 14.2 Å². The summed E-state index contributed by atoms with van der Waals surface area (Å²) < 4.78 is 11.5. The molecule has 0 aromatic heterocycles. The molecular formula is C23H34O3. The van der Waals surface area contributed by atoms with Gasteiger partial charge in [-0.05, 0) is 61.8 Å². The summed E-state index contributed by atoms with van der Waals surface area (Å²) in [6.45, 7) is 12.5. The highest BCUT2D eigenvalue weighted by molar-refractivity contribution is 5.52. The second kappa shape index (κ2) is 9.27. The zero-order valence-corrected chi connectivity index (χ0v) is 16.8. The highest BCUT2D eigenvalue weighted by atomic mass is 16.5. The van der Waals surface area contributed by atoms with E-state index in [-0.39, 0.29) is 11.8 Å². The van der Waals surface area contributed by atoms with Crippen molar-refractivity contribution in [1.82, 2.24) is 0 Å². The van der Waals surface area contributed by atoms with Crippen LogP contribution in [0.1, 0.15) is 63.0 Å². The SMILES string of the molecule is C=C1CC[C@@H](C(=C)C)[C@H](c2c(OC)cc(CCCCC)cc2OC)C1O. The molecule has 1 N–H and O–H groups in total. The van der Waals surface area contributed by atoms with E-state index in [1.54, 1.807) is 14.2 Å². The van der Waals surface area contributed by atoms with E-state index in [0.717, 1.165) is 53.9 Å². The Morgan fingerprint density at radius 3 is 2.31 bits per heavy atom. The van der Waals surface area contributed by atoms with Gasteiger partial charge in [-0.2, -0.15) is 0 Å². The lowest BCUT2D eigenvalue weighted by Crippen LogP contribution is -2.33. The third-order valence-electron chi connectivity index (χ3n) is 5.61. The lowest BCUT2D eigenvalue weighted by Gasteiger charge is -2.39. The molecular weight excluding hydrogens is 324 g/mol. The molecule has 0 heterocycles. The maximum absolute atomic E-state index is 10.9. The highest BCUT2D eigenvalue weighted by Gasteiger charge is 2.39. The van der Waals surface area contributed by atoms with E-state index in [4.69, 9.17) is 9.47 Å². The predicted octanol–water partition coefficient (Wildman–Crippen LogP) is 5.42. The largest absolute Gasteiger partial charge is 0.496 e. The lowest BCUT2D eigenvalue weighted by molar-refractivity contribution is 0.126. The van der Waals surface area contributed by atoms with Crippen molar-refractivity contribution in [3.63, 3.8) is 0 Å². The minimum Gasteiger partial charge on any atom is -0.496 e. The summed E-state index contributed by atoms with van der Waals surface area (Å²) in [5.74, 6) is 1.63. The fourth-order valence-corrected chi connectivity index (χ4v) is 4.10. The van der Waals surface area contributed by atoms with Crippen LogP contribution in [-0.2, 0) is 6.42 Å². The molecule has 1 fully saturated rings. The van der Waals surface area contributed by atoms with Gasteiger partial charge in [-0.25, -0.2) is 0 Å². The van der Waals surface area contributed by atoms with Crippen molar-refractivity contribution in [1.29, 1.82) is 0 Å². The molecule has 3 heteroatoms. The van der Waals surface area contributed by atoms with Gasteiger partial charge in [-0.1, -0.05) is 38.5 Å². The smallest absolute Gasteiger partial charge is 0.126 e. The summed E-state index contributed by atoms with van der Waals surface area (Å²) in [5.41, 5.74) is 4.11. The molecule has 0 spiro atoms. The fraction of sp³-hybridized carbons (Fsp3) is 0.565. The third kappa shape index (κ3) is 4.32. The average Bonchev–Trinajstić information content (AvgIpc) is 2.63. The molecule has 1 unspecified atom stereocenters. The van der Waals surface area contributed by atoms with E-state index in [1.165, 1.54) is 18.4 Å². The zero-order valence-electron chi connectivity index (χ0n) is 16.8. The molecule has 0 amide bonds. The van der Waals surface area contributed by atoms with Crippen LogP contribution in [0.2, 0.25) is 0 Å². The maximum Gasteiger partial charge on any atom is 0.126 e. The molecule has 0 aliphatic heterocycles. The van der Waals surface area contributed by atoms with Crippen molar-refractivity contribution >= 4 is 0 Å². The third-order valence-corrected chi connectivity index (χ3v) is 5.61. The first-order valence-corrected chi connectivity index (χ1v) is 9.70. The Bertz CT molecular complexity index is 622. The van der Waals surface area contributed by atoms with Crippen LogP contribution in [0.3, 0.4) is 0 Å². The van der Waals surface area contributed by atoms with Gasteiger partial charge < -0.3 is 14.6 Å². The van der Waals surface area contributed by atoms with E-state index < -0.39 is 6.10 Å². The van der Waals surface area contributed by atoms with Crippen LogP contribution in [0.25, 0.3) is 0 Å². The van der Waals surface area contributed by atoms with E-state index >= 15 is 0 Å². The Morgan fingerprint density at radius 2 is 1.81 bits per heavy atom. The minimum absolute atomic E-state index is 0.136. The normalized spacial score (nSPS) is 23.0. The number of aliphatic hydroxyl groups excluding tert-OH is 1. The van der Waals surface area contributed by atoms with E-state index in [1.807, 2.05) is 6.92 Å². The average molecular weight is 359 g/mol. The zero-order chi connectivity index (χ0) is 19.3. The van der Waals surface area contributed by atoms with Crippen LogP contribution in [-0.4, -0.2) is 25.4 Å².